The Kier molecular flexibility index (Phi) is 7.36. The van der Waals surface area contributed by atoms with Crippen molar-refractivity contribution < 1.29 is 48.0 Å². The summed E-state index contributed by atoms with van der Waals surface area (Å²) < 4.78 is 46.7. The van der Waals surface area contributed by atoms with E-state index in [1.54, 1.807) is 7.11 Å². The molecule has 0 atom stereocenters. The van der Waals surface area contributed by atoms with Gasteiger partial charge >= 0.3 is 28.5 Å². The first-order valence-electron chi connectivity index (χ1n) is 6.04. The maximum absolute atomic E-state index is 10.9. The van der Waals surface area contributed by atoms with Crippen LogP contribution in [0, 0.1) is 7.14 Å². The van der Waals surface area contributed by atoms with Gasteiger partial charge < -0.3 is 22.0 Å². The van der Waals surface area contributed by atoms with Crippen molar-refractivity contribution in [2.45, 2.75) is 0 Å². The fourth-order valence-electron chi connectivity index (χ4n) is 1.46. The summed E-state index contributed by atoms with van der Waals surface area (Å²) in [6.45, 7) is 0. The van der Waals surface area contributed by atoms with Crippen LogP contribution >= 0.6 is 0 Å². The van der Waals surface area contributed by atoms with Crippen molar-refractivity contribution in [3.05, 3.63) is 61.2 Å². The van der Waals surface area contributed by atoms with Crippen molar-refractivity contribution in [2.75, 3.05) is 7.11 Å². The Balaban J connectivity index is 0.000000422. The normalized spacial score (nSPS) is 10.4. The number of halogens is 5. The number of carbonyl (C=O) groups excluding carboxylic acids is 1. The van der Waals surface area contributed by atoms with E-state index in [-0.39, 0.29) is 21.2 Å². The second-order valence-electron chi connectivity index (χ2n) is 3.89. The highest BCUT2D eigenvalue weighted by molar-refractivity contribution is 6.50. The van der Waals surface area contributed by atoms with Crippen LogP contribution in [-0.4, -0.2) is 20.7 Å². The quantitative estimate of drug-likeness (QED) is 0.315. The fraction of sp³-hybridized carbons (Fsp3) is 0.0714. The van der Waals surface area contributed by atoms with E-state index in [0.29, 0.717) is 11.3 Å². The zero-order valence-corrected chi connectivity index (χ0v) is 13.6. The number of hydrogen-bond donors (Lipinski definition) is 0. The van der Waals surface area contributed by atoms with E-state index in [1.807, 2.05) is 36.4 Å². The van der Waals surface area contributed by atoms with E-state index in [9.17, 15) is 22.1 Å². The van der Waals surface area contributed by atoms with Gasteiger partial charge in [-0.05, 0) is 24.3 Å². The maximum Gasteiger partial charge on any atom is 0.673 e. The molecule has 2 rings (SSSR count). The van der Waals surface area contributed by atoms with Gasteiger partial charge in [-0.25, -0.2) is 0 Å². The summed E-state index contributed by atoms with van der Waals surface area (Å²) in [7, 11) is -4.42. The zero-order valence-electron chi connectivity index (χ0n) is 11.5. The summed E-state index contributed by atoms with van der Waals surface area (Å²) in [4.78, 5) is 10.9. The molecule has 0 aromatic heterocycles. The summed E-state index contributed by atoms with van der Waals surface area (Å²) >= 11 is -0.227. The Bertz CT molecular complexity index is 600. The van der Waals surface area contributed by atoms with Crippen molar-refractivity contribution in [1.29, 1.82) is 0 Å². The van der Waals surface area contributed by atoms with Crippen molar-refractivity contribution in [1.82, 2.24) is 0 Å². The molecule has 0 heterocycles. The summed E-state index contributed by atoms with van der Waals surface area (Å²) in [5, 5.41) is 0. The van der Waals surface area contributed by atoms with E-state index in [0.717, 1.165) is 6.29 Å². The summed E-state index contributed by atoms with van der Waals surface area (Å²) in [6.07, 6.45) is 0.844. The molecule has 22 heavy (non-hydrogen) atoms. The SMILES string of the molecule is COc1ccc([I+]c2ccccc2)cc1C=O.F[B-](F)(F)F. The number of hydrogen-bond acceptors (Lipinski definition) is 2. The Morgan fingerprint density at radius 2 is 1.59 bits per heavy atom. The van der Waals surface area contributed by atoms with Crippen LogP contribution in [0.5, 0.6) is 5.75 Å². The van der Waals surface area contributed by atoms with Crippen molar-refractivity contribution >= 4 is 13.5 Å². The third-order valence-corrected chi connectivity index (χ3v) is 4.91. The highest BCUT2D eigenvalue weighted by Crippen LogP contribution is 2.14. The molecular weight excluding hydrogens is 414 g/mol. The van der Waals surface area contributed by atoms with Gasteiger partial charge in [-0.3, -0.25) is 4.79 Å². The van der Waals surface area contributed by atoms with Gasteiger partial charge in [0.25, 0.3) is 0 Å². The van der Waals surface area contributed by atoms with Crippen LogP contribution < -0.4 is 25.9 Å². The predicted molar refractivity (Wildman–Crippen MR) is 72.4 cm³/mol. The van der Waals surface area contributed by atoms with E-state index >= 15 is 0 Å². The van der Waals surface area contributed by atoms with E-state index in [1.165, 1.54) is 7.14 Å². The Labute approximate surface area is 135 Å². The van der Waals surface area contributed by atoms with E-state index in [4.69, 9.17) is 4.74 Å². The molecular formula is C14H12BF4IO2. The number of rotatable bonds is 4. The fourth-order valence-corrected chi connectivity index (χ4v) is 3.80. The molecule has 8 heteroatoms. The molecule has 0 radical (unpaired) electrons. The van der Waals surface area contributed by atoms with Gasteiger partial charge in [0.2, 0.25) is 0 Å². The Hall–Kier alpha value is -1.58. The first-order valence-corrected chi connectivity index (χ1v) is 8.19. The molecule has 0 saturated carbocycles. The molecule has 0 amide bonds. The molecule has 0 saturated heterocycles. The van der Waals surface area contributed by atoms with Crippen LogP contribution in [0.25, 0.3) is 0 Å². The van der Waals surface area contributed by atoms with Gasteiger partial charge in [0.05, 0.1) is 12.7 Å². The molecule has 2 aromatic carbocycles. The van der Waals surface area contributed by atoms with Crippen molar-refractivity contribution in [2.24, 2.45) is 0 Å². The first kappa shape index (κ1) is 18.5. The Morgan fingerprint density at radius 3 is 2.09 bits per heavy atom. The molecule has 0 unspecified atom stereocenters. The van der Waals surface area contributed by atoms with Gasteiger partial charge in [0, 0.05) is 6.07 Å². The largest absolute Gasteiger partial charge is 0.673 e. The second kappa shape index (κ2) is 8.77. The number of aldehydes is 1. The lowest BCUT2D eigenvalue weighted by Gasteiger charge is -2.00. The van der Waals surface area contributed by atoms with Crippen LogP contribution in [0.4, 0.5) is 17.3 Å². The lowest BCUT2D eigenvalue weighted by molar-refractivity contribution is -0.597. The predicted octanol–water partition coefficient (Wildman–Crippen LogP) is 0.936. The number of carbonyl (C=O) groups is 1. The number of methoxy groups -OCH3 is 1. The Morgan fingerprint density at radius 1 is 1.00 bits per heavy atom. The lowest BCUT2D eigenvalue weighted by atomic mass is 10.2. The summed E-state index contributed by atoms with van der Waals surface area (Å²) in [5.74, 6) is 0.640. The molecule has 0 aliphatic carbocycles. The minimum atomic E-state index is -6.00. The minimum Gasteiger partial charge on any atom is -0.496 e. The molecule has 0 N–H and O–H groups in total. The van der Waals surface area contributed by atoms with Crippen LogP contribution in [0.1, 0.15) is 10.4 Å². The van der Waals surface area contributed by atoms with Crippen LogP contribution in [0.15, 0.2) is 48.5 Å². The van der Waals surface area contributed by atoms with Gasteiger partial charge in [-0.1, -0.05) is 18.2 Å². The third kappa shape index (κ3) is 7.44. The van der Waals surface area contributed by atoms with E-state index < -0.39 is 7.25 Å². The van der Waals surface area contributed by atoms with Gasteiger partial charge in [-0.15, -0.1) is 0 Å². The standard InChI is InChI=1S/C14H12IO2.BF4/c1-17-14-8-7-13(9-11(14)10-16)15-12-5-3-2-4-6-12;2-1(3,4)5/h2-10H,1H3;/q+1;-1. The smallest absolute Gasteiger partial charge is 0.496 e. The van der Waals surface area contributed by atoms with Crippen LogP contribution in [-0.2, 0) is 0 Å². The molecule has 0 fully saturated rings. The van der Waals surface area contributed by atoms with Crippen LogP contribution in [0.2, 0.25) is 0 Å². The summed E-state index contributed by atoms with van der Waals surface area (Å²) in [6, 6.07) is 16.2. The first-order chi connectivity index (χ1) is 10.3. The maximum atomic E-state index is 10.9. The molecule has 118 valence electrons. The molecule has 0 spiro atoms. The average molecular weight is 426 g/mol. The van der Waals surface area contributed by atoms with Gasteiger partial charge in [0.15, 0.2) is 13.4 Å². The van der Waals surface area contributed by atoms with Crippen LogP contribution in [0.3, 0.4) is 0 Å². The summed E-state index contributed by atoms with van der Waals surface area (Å²) in [5.41, 5.74) is 0.626. The van der Waals surface area contributed by atoms with Gasteiger partial charge in [-0.2, -0.15) is 0 Å². The molecule has 2 aromatic rings. The van der Waals surface area contributed by atoms with Crippen molar-refractivity contribution in [3.63, 3.8) is 0 Å². The zero-order chi connectivity index (χ0) is 16.6. The number of benzene rings is 2. The third-order valence-electron chi connectivity index (χ3n) is 2.27. The molecule has 0 aliphatic heterocycles. The lowest BCUT2D eigenvalue weighted by Crippen LogP contribution is -3.61. The van der Waals surface area contributed by atoms with Gasteiger partial charge in [0.1, 0.15) is 5.75 Å². The van der Waals surface area contributed by atoms with E-state index in [2.05, 4.69) is 12.1 Å². The minimum absolute atomic E-state index is 0.227. The molecule has 0 aliphatic rings. The molecule has 0 bridgehead atoms. The topological polar surface area (TPSA) is 26.3 Å². The highest BCUT2D eigenvalue weighted by Gasteiger charge is 2.20. The average Bonchev–Trinajstić information content (AvgIpc) is 2.46. The molecule has 2 nitrogen and oxygen atoms in total. The highest BCUT2D eigenvalue weighted by atomic mass is 127. The van der Waals surface area contributed by atoms with Crippen molar-refractivity contribution in [3.8, 4) is 5.75 Å². The second-order valence-corrected chi connectivity index (χ2v) is 6.92. The monoisotopic (exact) mass is 426 g/mol. The number of ether oxygens (including phenoxy) is 1.